The average molecular weight is 396 g/mol. The summed E-state index contributed by atoms with van der Waals surface area (Å²) in [6, 6.07) is 15.6. The third kappa shape index (κ3) is 3.85. The van der Waals surface area contributed by atoms with E-state index in [9.17, 15) is 9.59 Å². The number of rotatable bonds is 4. The van der Waals surface area contributed by atoms with Gasteiger partial charge in [0, 0.05) is 11.6 Å². The van der Waals surface area contributed by atoms with E-state index >= 15 is 0 Å². The van der Waals surface area contributed by atoms with Crippen molar-refractivity contribution in [3.05, 3.63) is 71.5 Å². The van der Waals surface area contributed by atoms with E-state index in [0.29, 0.717) is 11.3 Å². The molecule has 0 aliphatic rings. The molecule has 5 nitrogen and oxygen atoms in total. The van der Waals surface area contributed by atoms with Gasteiger partial charge in [-0.05, 0) is 29.0 Å². The van der Waals surface area contributed by atoms with Crippen molar-refractivity contribution in [2.75, 3.05) is 4.90 Å². The highest BCUT2D eigenvalue weighted by molar-refractivity contribution is 6.29. The lowest BCUT2D eigenvalue weighted by Gasteiger charge is -2.38. The number of aromatic nitrogens is 1. The first kappa shape index (κ1) is 19.8. The van der Waals surface area contributed by atoms with Crippen LogP contribution in [-0.4, -0.2) is 22.8 Å². The fourth-order valence-electron chi connectivity index (χ4n) is 3.37. The summed E-state index contributed by atoms with van der Waals surface area (Å²) in [5.74, 6) is -0.935. The lowest BCUT2D eigenvalue weighted by Crippen LogP contribution is -2.55. The number of anilines is 1. The molecule has 1 heterocycles. The van der Waals surface area contributed by atoms with Gasteiger partial charge in [0.1, 0.15) is 11.2 Å². The molecule has 0 aliphatic heterocycles. The first-order chi connectivity index (χ1) is 13.2. The summed E-state index contributed by atoms with van der Waals surface area (Å²) < 4.78 is 0. The molecule has 0 spiro atoms. The van der Waals surface area contributed by atoms with Crippen LogP contribution in [0.2, 0.25) is 5.15 Å². The number of fused-ring (bicyclic) bond motifs is 1. The summed E-state index contributed by atoms with van der Waals surface area (Å²) in [4.78, 5) is 31.5. The maximum Gasteiger partial charge on any atom is 0.260 e. The molecule has 28 heavy (non-hydrogen) atoms. The van der Waals surface area contributed by atoms with Crippen LogP contribution in [-0.2, 0) is 4.79 Å². The number of carbonyl (C=O) groups is 2. The Morgan fingerprint density at radius 3 is 2.32 bits per heavy atom. The maximum atomic E-state index is 13.5. The summed E-state index contributed by atoms with van der Waals surface area (Å²) in [6.45, 7) is 5.65. The normalized spacial score (nSPS) is 12.6. The zero-order valence-electron chi connectivity index (χ0n) is 16.0. The number of nitrogens with zero attached hydrogens (tertiary/aromatic N) is 2. The quantitative estimate of drug-likeness (QED) is 0.663. The standard InChI is InChI=1S/C22H22ClN3O2/c1-22(2,3)19(20(24)27)26(21(28)15-11-12-18(23)25-13-15)17-10-6-8-14-7-4-5-9-16(14)17/h4-13,19H,1-3H3,(H2,24,27). The maximum absolute atomic E-state index is 13.5. The van der Waals surface area contributed by atoms with E-state index in [2.05, 4.69) is 4.98 Å². The van der Waals surface area contributed by atoms with E-state index in [0.717, 1.165) is 10.8 Å². The van der Waals surface area contributed by atoms with E-state index < -0.39 is 17.4 Å². The van der Waals surface area contributed by atoms with Gasteiger partial charge in [-0.2, -0.15) is 0 Å². The summed E-state index contributed by atoms with van der Waals surface area (Å²) in [6.07, 6.45) is 1.41. The van der Waals surface area contributed by atoms with Crippen molar-refractivity contribution >= 4 is 39.9 Å². The molecule has 0 bridgehead atoms. The largest absolute Gasteiger partial charge is 0.368 e. The van der Waals surface area contributed by atoms with Gasteiger partial charge in [-0.25, -0.2) is 4.98 Å². The van der Waals surface area contributed by atoms with Crippen LogP contribution >= 0.6 is 11.6 Å². The van der Waals surface area contributed by atoms with Crippen molar-refractivity contribution < 1.29 is 9.59 Å². The number of nitrogens with two attached hydrogens (primary N) is 1. The molecule has 3 rings (SSSR count). The van der Waals surface area contributed by atoms with Gasteiger partial charge in [0.2, 0.25) is 5.91 Å². The zero-order chi connectivity index (χ0) is 20.5. The molecule has 1 aromatic heterocycles. The topological polar surface area (TPSA) is 76.3 Å². The van der Waals surface area contributed by atoms with Crippen LogP contribution < -0.4 is 10.6 Å². The molecule has 2 amide bonds. The number of hydrogen-bond donors (Lipinski definition) is 1. The molecular weight excluding hydrogens is 374 g/mol. The van der Waals surface area contributed by atoms with E-state index in [1.165, 1.54) is 11.1 Å². The van der Waals surface area contributed by atoms with E-state index in [-0.39, 0.29) is 11.1 Å². The van der Waals surface area contributed by atoms with Gasteiger partial charge in [0.15, 0.2) is 0 Å². The molecule has 0 fully saturated rings. The number of benzene rings is 2. The second-order valence-corrected chi connectivity index (χ2v) is 8.10. The molecule has 1 atom stereocenters. The van der Waals surface area contributed by atoms with Gasteiger partial charge in [-0.15, -0.1) is 0 Å². The summed E-state index contributed by atoms with van der Waals surface area (Å²) in [5, 5.41) is 2.11. The molecule has 6 heteroatoms. The molecule has 144 valence electrons. The molecule has 1 unspecified atom stereocenters. The predicted octanol–water partition coefficient (Wildman–Crippen LogP) is 4.44. The fraction of sp³-hybridized carbons (Fsp3) is 0.227. The van der Waals surface area contributed by atoms with Gasteiger partial charge in [0.05, 0.1) is 11.3 Å². The van der Waals surface area contributed by atoms with Crippen molar-refractivity contribution in [3.63, 3.8) is 0 Å². The number of primary amides is 1. The number of pyridine rings is 1. The lowest BCUT2D eigenvalue weighted by atomic mass is 9.84. The van der Waals surface area contributed by atoms with Gasteiger partial charge < -0.3 is 5.73 Å². The van der Waals surface area contributed by atoms with Gasteiger partial charge in [0.25, 0.3) is 5.91 Å². The molecule has 0 saturated heterocycles. The second-order valence-electron chi connectivity index (χ2n) is 7.71. The predicted molar refractivity (Wildman–Crippen MR) is 112 cm³/mol. The molecule has 2 aromatic carbocycles. The number of hydrogen-bond acceptors (Lipinski definition) is 3. The Labute approximate surface area is 169 Å². The van der Waals surface area contributed by atoms with Crippen LogP contribution in [0.25, 0.3) is 10.8 Å². The number of amides is 2. The molecule has 3 aromatic rings. The Morgan fingerprint density at radius 2 is 1.71 bits per heavy atom. The minimum Gasteiger partial charge on any atom is -0.368 e. The van der Waals surface area contributed by atoms with Crippen molar-refractivity contribution in [2.45, 2.75) is 26.8 Å². The fourth-order valence-corrected chi connectivity index (χ4v) is 3.48. The van der Waals surface area contributed by atoms with Gasteiger partial charge in [-0.3, -0.25) is 14.5 Å². The van der Waals surface area contributed by atoms with Crippen molar-refractivity contribution in [3.8, 4) is 0 Å². The van der Waals surface area contributed by atoms with E-state index in [1.807, 2.05) is 63.2 Å². The minimum absolute atomic E-state index is 0.288. The Bertz CT molecular complexity index is 1020. The first-order valence-electron chi connectivity index (χ1n) is 8.92. The summed E-state index contributed by atoms with van der Waals surface area (Å²) in [7, 11) is 0. The zero-order valence-corrected chi connectivity index (χ0v) is 16.8. The third-order valence-electron chi connectivity index (χ3n) is 4.57. The van der Waals surface area contributed by atoms with E-state index in [4.69, 9.17) is 17.3 Å². The Kier molecular flexibility index (Phi) is 5.38. The van der Waals surface area contributed by atoms with Crippen molar-refractivity contribution in [1.82, 2.24) is 4.98 Å². The molecule has 0 saturated carbocycles. The monoisotopic (exact) mass is 395 g/mol. The Hall–Kier alpha value is -2.92. The lowest BCUT2D eigenvalue weighted by molar-refractivity contribution is -0.121. The number of halogens is 1. The van der Waals surface area contributed by atoms with Crippen LogP contribution in [0.5, 0.6) is 0 Å². The highest BCUT2D eigenvalue weighted by Crippen LogP contribution is 2.34. The van der Waals surface area contributed by atoms with Crippen molar-refractivity contribution in [1.29, 1.82) is 0 Å². The average Bonchev–Trinajstić information content (AvgIpc) is 2.64. The molecule has 2 N–H and O–H groups in total. The van der Waals surface area contributed by atoms with Crippen LogP contribution in [0, 0.1) is 5.41 Å². The SMILES string of the molecule is CC(C)(C)C(C(N)=O)N(C(=O)c1ccc(Cl)nc1)c1cccc2ccccc12. The highest BCUT2D eigenvalue weighted by atomic mass is 35.5. The molecular formula is C22H22ClN3O2. The van der Waals surface area contributed by atoms with Crippen LogP contribution in [0.1, 0.15) is 31.1 Å². The van der Waals surface area contributed by atoms with Crippen LogP contribution in [0.4, 0.5) is 5.69 Å². The smallest absolute Gasteiger partial charge is 0.260 e. The van der Waals surface area contributed by atoms with Crippen molar-refractivity contribution in [2.24, 2.45) is 11.1 Å². The van der Waals surface area contributed by atoms with Crippen LogP contribution in [0.15, 0.2) is 60.8 Å². The summed E-state index contributed by atoms with van der Waals surface area (Å²) >= 11 is 5.87. The Balaban J connectivity index is 2.26. The van der Waals surface area contributed by atoms with E-state index in [1.54, 1.807) is 12.1 Å². The van der Waals surface area contributed by atoms with Crippen LogP contribution in [0.3, 0.4) is 0 Å². The second kappa shape index (κ2) is 7.60. The summed E-state index contributed by atoms with van der Waals surface area (Å²) in [5.41, 5.74) is 6.14. The Morgan fingerprint density at radius 1 is 1.04 bits per heavy atom. The third-order valence-corrected chi connectivity index (χ3v) is 4.79. The first-order valence-corrected chi connectivity index (χ1v) is 9.30. The minimum atomic E-state index is -0.860. The molecule has 0 aliphatic carbocycles. The van der Waals surface area contributed by atoms with Gasteiger partial charge >= 0.3 is 0 Å². The van der Waals surface area contributed by atoms with Gasteiger partial charge in [-0.1, -0.05) is 68.8 Å². The molecule has 0 radical (unpaired) electrons. The highest BCUT2D eigenvalue weighted by Gasteiger charge is 2.39. The number of carbonyl (C=O) groups excluding carboxylic acids is 2.